The standard InChI is InChI=1S/C18H21N3O3/c1-12-9-17(24-20-12)15-6-4-8-21(15)18(22)19-11-14-10-13-5-2-3-7-16(13)23-14/h2-3,5,7,9,14-15H,4,6,8,10-11H2,1H3,(H,19,22)/t14-,15+/m1/s1. The van der Waals surface area contributed by atoms with Crippen LogP contribution in [0.4, 0.5) is 4.79 Å². The Labute approximate surface area is 140 Å². The minimum Gasteiger partial charge on any atom is -0.488 e. The summed E-state index contributed by atoms with van der Waals surface area (Å²) in [6.07, 6.45) is 2.72. The molecule has 0 radical (unpaired) electrons. The van der Waals surface area contributed by atoms with Crippen LogP contribution >= 0.6 is 0 Å². The molecule has 6 nitrogen and oxygen atoms in total. The van der Waals surface area contributed by atoms with Gasteiger partial charge in [-0.05, 0) is 31.4 Å². The lowest BCUT2D eigenvalue weighted by Gasteiger charge is -2.23. The average Bonchev–Trinajstić information content (AvgIpc) is 3.30. The molecule has 0 spiro atoms. The lowest BCUT2D eigenvalue weighted by Crippen LogP contribution is -2.43. The van der Waals surface area contributed by atoms with Crippen molar-refractivity contribution in [1.82, 2.24) is 15.4 Å². The largest absolute Gasteiger partial charge is 0.488 e. The lowest BCUT2D eigenvalue weighted by molar-refractivity contribution is 0.172. The minimum atomic E-state index is -0.0638. The van der Waals surface area contributed by atoms with E-state index in [1.807, 2.05) is 36.1 Å². The van der Waals surface area contributed by atoms with Crippen LogP contribution in [0.5, 0.6) is 5.75 Å². The summed E-state index contributed by atoms with van der Waals surface area (Å²) in [7, 11) is 0. The van der Waals surface area contributed by atoms with Gasteiger partial charge in [-0.1, -0.05) is 23.4 Å². The fourth-order valence-corrected chi connectivity index (χ4v) is 3.52. The summed E-state index contributed by atoms with van der Waals surface area (Å²) in [6.45, 7) is 3.13. The number of aryl methyl sites for hydroxylation is 1. The van der Waals surface area contributed by atoms with Crippen LogP contribution < -0.4 is 10.1 Å². The van der Waals surface area contributed by atoms with Crippen molar-refractivity contribution in [3.63, 3.8) is 0 Å². The number of ether oxygens (including phenoxy) is 1. The predicted octanol–water partition coefficient (Wildman–Crippen LogP) is 2.83. The van der Waals surface area contributed by atoms with Crippen LogP contribution in [0.3, 0.4) is 0 Å². The number of aromatic nitrogens is 1. The Morgan fingerprint density at radius 1 is 1.42 bits per heavy atom. The number of carbonyl (C=O) groups excluding carboxylic acids is 1. The SMILES string of the molecule is Cc1cc([C@@H]2CCCN2C(=O)NC[C@H]2Cc3ccccc3O2)on1. The third-order valence-electron chi connectivity index (χ3n) is 4.68. The van der Waals surface area contributed by atoms with Crippen molar-refractivity contribution in [3.8, 4) is 5.75 Å². The molecule has 1 fully saturated rings. The highest BCUT2D eigenvalue weighted by atomic mass is 16.5. The Bertz CT molecular complexity index is 718. The van der Waals surface area contributed by atoms with Gasteiger partial charge in [-0.25, -0.2) is 4.79 Å². The minimum absolute atomic E-state index is 0.0000676. The Morgan fingerprint density at radius 2 is 2.29 bits per heavy atom. The first kappa shape index (κ1) is 15.1. The van der Waals surface area contributed by atoms with Gasteiger partial charge in [-0.3, -0.25) is 0 Å². The maximum Gasteiger partial charge on any atom is 0.318 e. The summed E-state index contributed by atoms with van der Waals surface area (Å²) in [5.74, 6) is 1.69. The molecule has 2 aromatic rings. The molecule has 1 saturated heterocycles. The Balaban J connectivity index is 1.35. The highest BCUT2D eigenvalue weighted by Crippen LogP contribution is 2.32. The Morgan fingerprint density at radius 3 is 3.08 bits per heavy atom. The number of hydrogen-bond acceptors (Lipinski definition) is 4. The van der Waals surface area contributed by atoms with E-state index in [4.69, 9.17) is 9.26 Å². The van der Waals surface area contributed by atoms with Crippen molar-refractivity contribution in [3.05, 3.63) is 47.3 Å². The summed E-state index contributed by atoms with van der Waals surface area (Å²) < 4.78 is 11.2. The highest BCUT2D eigenvalue weighted by molar-refractivity contribution is 5.75. The average molecular weight is 327 g/mol. The molecule has 2 aliphatic rings. The number of amides is 2. The van der Waals surface area contributed by atoms with Crippen LogP contribution in [0.15, 0.2) is 34.9 Å². The third-order valence-corrected chi connectivity index (χ3v) is 4.68. The van der Waals surface area contributed by atoms with E-state index in [0.29, 0.717) is 6.54 Å². The maximum absolute atomic E-state index is 12.6. The van der Waals surface area contributed by atoms with Gasteiger partial charge in [0, 0.05) is 19.0 Å². The van der Waals surface area contributed by atoms with Crippen LogP contribution in [-0.4, -0.2) is 35.3 Å². The summed E-state index contributed by atoms with van der Waals surface area (Å²) in [6, 6.07) is 9.84. The number of para-hydroxylation sites is 1. The molecule has 2 atom stereocenters. The molecule has 2 aliphatic heterocycles. The van der Waals surface area contributed by atoms with Gasteiger partial charge < -0.3 is 19.5 Å². The zero-order valence-electron chi connectivity index (χ0n) is 13.7. The van der Waals surface area contributed by atoms with E-state index in [0.717, 1.165) is 43.0 Å². The Hall–Kier alpha value is -2.50. The van der Waals surface area contributed by atoms with Gasteiger partial charge in [0.2, 0.25) is 0 Å². The summed E-state index contributed by atoms with van der Waals surface area (Å²) in [4.78, 5) is 14.4. The fraction of sp³-hybridized carbons (Fsp3) is 0.444. The first-order valence-corrected chi connectivity index (χ1v) is 8.43. The van der Waals surface area contributed by atoms with E-state index >= 15 is 0 Å². The molecule has 24 heavy (non-hydrogen) atoms. The first-order valence-electron chi connectivity index (χ1n) is 8.43. The van der Waals surface area contributed by atoms with Crippen molar-refractivity contribution in [2.24, 2.45) is 0 Å². The van der Waals surface area contributed by atoms with Crippen LogP contribution in [0.2, 0.25) is 0 Å². The first-order chi connectivity index (χ1) is 11.7. The van der Waals surface area contributed by atoms with Gasteiger partial charge in [0.1, 0.15) is 11.9 Å². The molecule has 1 aromatic heterocycles. The van der Waals surface area contributed by atoms with Crippen molar-refractivity contribution in [2.75, 3.05) is 13.1 Å². The number of nitrogens with zero attached hydrogens (tertiary/aromatic N) is 2. The van der Waals surface area contributed by atoms with Gasteiger partial charge in [-0.2, -0.15) is 0 Å². The number of rotatable bonds is 3. The smallest absolute Gasteiger partial charge is 0.318 e. The molecule has 1 N–H and O–H groups in total. The third kappa shape index (κ3) is 2.84. The zero-order chi connectivity index (χ0) is 16.5. The molecule has 3 heterocycles. The van der Waals surface area contributed by atoms with Crippen LogP contribution in [0.25, 0.3) is 0 Å². The monoisotopic (exact) mass is 327 g/mol. The fourth-order valence-electron chi connectivity index (χ4n) is 3.52. The van der Waals surface area contributed by atoms with E-state index in [9.17, 15) is 4.79 Å². The van der Waals surface area contributed by atoms with Gasteiger partial charge in [0.15, 0.2) is 5.76 Å². The van der Waals surface area contributed by atoms with Crippen molar-refractivity contribution in [2.45, 2.75) is 38.3 Å². The number of hydrogen-bond donors (Lipinski definition) is 1. The molecule has 4 rings (SSSR count). The van der Waals surface area contributed by atoms with Gasteiger partial charge in [0.25, 0.3) is 0 Å². The second-order valence-corrected chi connectivity index (χ2v) is 6.46. The molecule has 0 aliphatic carbocycles. The van der Waals surface area contributed by atoms with E-state index < -0.39 is 0 Å². The predicted molar refractivity (Wildman–Crippen MR) is 87.9 cm³/mol. The molecular weight excluding hydrogens is 306 g/mol. The van der Waals surface area contributed by atoms with E-state index in [2.05, 4.69) is 16.5 Å². The van der Waals surface area contributed by atoms with E-state index in [-0.39, 0.29) is 18.2 Å². The zero-order valence-corrected chi connectivity index (χ0v) is 13.7. The van der Waals surface area contributed by atoms with Gasteiger partial charge in [0.05, 0.1) is 18.3 Å². The number of benzene rings is 1. The molecule has 126 valence electrons. The maximum atomic E-state index is 12.6. The number of likely N-dealkylation sites (tertiary alicyclic amines) is 1. The Kier molecular flexibility index (Phi) is 3.88. The second kappa shape index (κ2) is 6.19. The highest BCUT2D eigenvalue weighted by Gasteiger charge is 2.33. The number of nitrogens with one attached hydrogen (secondary N) is 1. The van der Waals surface area contributed by atoms with Crippen LogP contribution in [0, 0.1) is 6.92 Å². The molecule has 2 amide bonds. The summed E-state index contributed by atoms with van der Waals surface area (Å²) >= 11 is 0. The molecule has 1 aromatic carbocycles. The van der Waals surface area contributed by atoms with Gasteiger partial charge in [-0.15, -0.1) is 0 Å². The van der Waals surface area contributed by atoms with Gasteiger partial charge >= 0.3 is 6.03 Å². The van der Waals surface area contributed by atoms with E-state index in [1.54, 1.807) is 0 Å². The molecule has 0 saturated carbocycles. The molecule has 0 unspecified atom stereocenters. The molecule has 6 heteroatoms. The normalized spacial score (nSPS) is 22.3. The van der Waals surface area contributed by atoms with Crippen LogP contribution in [-0.2, 0) is 6.42 Å². The van der Waals surface area contributed by atoms with Crippen LogP contribution in [0.1, 0.15) is 35.9 Å². The lowest BCUT2D eigenvalue weighted by atomic mass is 10.1. The van der Waals surface area contributed by atoms with Crippen molar-refractivity contribution in [1.29, 1.82) is 0 Å². The quantitative estimate of drug-likeness (QED) is 0.941. The molecule has 0 bridgehead atoms. The summed E-state index contributed by atoms with van der Waals surface area (Å²) in [5.41, 5.74) is 2.04. The summed E-state index contributed by atoms with van der Waals surface area (Å²) in [5, 5.41) is 6.94. The topological polar surface area (TPSA) is 67.6 Å². The molecular formula is C18H21N3O3. The van der Waals surface area contributed by atoms with Crippen molar-refractivity contribution < 1.29 is 14.1 Å². The number of carbonyl (C=O) groups is 1. The second-order valence-electron chi connectivity index (χ2n) is 6.46. The number of fused-ring (bicyclic) bond motifs is 1. The number of urea groups is 1. The van der Waals surface area contributed by atoms with Crippen molar-refractivity contribution >= 4 is 6.03 Å². The van der Waals surface area contributed by atoms with E-state index in [1.165, 1.54) is 5.56 Å².